The number of hydrogen-bond donors (Lipinski definition) is 0. The first-order valence-corrected chi connectivity index (χ1v) is 15.8. The van der Waals surface area contributed by atoms with Crippen LogP contribution in [0.1, 0.15) is 22.5 Å². The zero-order valence-electron chi connectivity index (χ0n) is 25.4. The molecule has 0 amide bonds. The lowest BCUT2D eigenvalue weighted by atomic mass is 9.84. The number of hydrogen-bond acceptors (Lipinski definition) is 4. The summed E-state index contributed by atoms with van der Waals surface area (Å²) < 4.78 is 18.5. The number of rotatable bonds is 1. The summed E-state index contributed by atoms with van der Waals surface area (Å²) in [5.41, 5.74) is 11.2. The van der Waals surface area contributed by atoms with Crippen LogP contribution < -0.4 is 14.0 Å². The Bertz CT molecular complexity index is 2930. The Balaban J connectivity index is 1.28. The number of nitrogens with zero attached hydrogens (tertiary/aromatic N) is 8. The molecule has 0 radical (unpaired) electrons. The van der Waals surface area contributed by atoms with E-state index in [1.807, 2.05) is 35.1 Å². The van der Waals surface area contributed by atoms with Gasteiger partial charge in [-0.2, -0.15) is 14.2 Å². The fourth-order valence-corrected chi connectivity index (χ4v) is 8.84. The molecular weight excluding hydrogens is 584 g/mol. The van der Waals surface area contributed by atoms with Crippen molar-refractivity contribution in [1.29, 1.82) is 0 Å². The van der Waals surface area contributed by atoms with Gasteiger partial charge in [0.15, 0.2) is 22.4 Å². The highest BCUT2D eigenvalue weighted by molar-refractivity contribution is 6.11. The largest absolute Gasteiger partial charge is 0.456 e. The van der Waals surface area contributed by atoms with Crippen molar-refractivity contribution in [3.8, 4) is 28.7 Å². The molecule has 4 aromatic carbocycles. The molecule has 0 saturated carbocycles. The second kappa shape index (κ2) is 7.71. The second-order valence-corrected chi connectivity index (χ2v) is 12.7. The normalized spacial score (nSPS) is 16.6. The first-order chi connectivity index (χ1) is 23.2. The molecule has 0 aliphatic carbocycles. The van der Waals surface area contributed by atoms with E-state index in [1.54, 1.807) is 0 Å². The third-order valence-electron chi connectivity index (χ3n) is 10.5. The summed E-state index contributed by atoms with van der Waals surface area (Å²) in [6, 6.07) is 33.9. The first-order valence-electron chi connectivity index (χ1n) is 15.8. The Kier molecular flexibility index (Phi) is 3.93. The average Bonchev–Trinajstić information content (AvgIpc) is 3.82. The third-order valence-corrected chi connectivity index (χ3v) is 10.5. The van der Waals surface area contributed by atoms with Gasteiger partial charge in [0.2, 0.25) is 5.69 Å². The van der Waals surface area contributed by atoms with E-state index >= 15 is 0 Å². The number of fused-ring (bicyclic) bond motifs is 9. The van der Waals surface area contributed by atoms with Crippen LogP contribution in [0, 0.1) is 13.8 Å². The lowest BCUT2D eigenvalue weighted by Gasteiger charge is -2.33. The molecule has 0 fully saturated rings. The predicted molar refractivity (Wildman–Crippen MR) is 176 cm³/mol. The molecule has 1 unspecified atom stereocenters. The molecule has 9 aromatic rings. The van der Waals surface area contributed by atoms with E-state index in [9.17, 15) is 0 Å². The van der Waals surface area contributed by atoms with Crippen molar-refractivity contribution in [3.05, 3.63) is 132 Å². The molecule has 47 heavy (non-hydrogen) atoms. The quantitative estimate of drug-likeness (QED) is 0.212. The maximum atomic E-state index is 6.83. The molecule has 9 nitrogen and oxygen atoms in total. The van der Waals surface area contributed by atoms with Crippen molar-refractivity contribution in [2.45, 2.75) is 19.5 Å². The lowest BCUT2D eigenvalue weighted by Crippen LogP contribution is -2.77. The van der Waals surface area contributed by atoms with Gasteiger partial charge in [-0.3, -0.25) is 0 Å². The Morgan fingerprint density at radius 3 is 2.45 bits per heavy atom. The summed E-state index contributed by atoms with van der Waals surface area (Å²) in [6.45, 7) is 4.37. The van der Waals surface area contributed by atoms with Crippen LogP contribution >= 0.6 is 0 Å². The topological polar surface area (TPSA) is 70.5 Å². The lowest BCUT2D eigenvalue weighted by molar-refractivity contribution is -0.995. The molecule has 1 atom stereocenters. The van der Waals surface area contributed by atoms with Gasteiger partial charge < -0.3 is 4.74 Å². The number of para-hydroxylation sites is 3. The van der Waals surface area contributed by atoms with Gasteiger partial charge in [0, 0.05) is 23.8 Å². The molecule has 5 aromatic heterocycles. The highest BCUT2D eigenvalue weighted by atomic mass is 16.5. The molecule has 0 saturated heterocycles. The summed E-state index contributed by atoms with van der Waals surface area (Å²) in [7, 11) is 0. The molecule has 3 aliphatic heterocycles. The Morgan fingerprint density at radius 1 is 0.723 bits per heavy atom. The Hall–Kier alpha value is -6.35. The van der Waals surface area contributed by atoms with E-state index in [4.69, 9.17) is 19.8 Å². The highest BCUT2D eigenvalue weighted by Gasteiger charge is 2.70. The van der Waals surface area contributed by atoms with Crippen molar-refractivity contribution in [3.63, 3.8) is 0 Å². The van der Waals surface area contributed by atoms with Crippen LogP contribution in [0.25, 0.3) is 61.2 Å². The van der Waals surface area contributed by atoms with Gasteiger partial charge in [-0.05, 0) is 61.5 Å². The van der Waals surface area contributed by atoms with Crippen LogP contribution in [0.4, 0.5) is 0 Å². The SMILES string of the molecule is Cc1c(-n2ncc3nc4ccccc4nc32)c(C)[n+]2n1-c1cccc3c1C21c2c(ccc4c5ccccc5n(c24)-c2cccc[n+]21)O3. The summed E-state index contributed by atoms with van der Waals surface area (Å²) in [5, 5.41) is 7.35. The summed E-state index contributed by atoms with van der Waals surface area (Å²) in [4.78, 5) is 9.97. The van der Waals surface area contributed by atoms with Gasteiger partial charge >= 0.3 is 5.66 Å². The number of pyridine rings is 1. The minimum Gasteiger partial charge on any atom is -0.456 e. The van der Waals surface area contributed by atoms with Crippen molar-refractivity contribution in [2.24, 2.45) is 0 Å². The van der Waals surface area contributed by atoms with Gasteiger partial charge in [-0.15, -0.1) is 4.68 Å². The predicted octanol–water partition coefficient (Wildman–Crippen LogP) is 6.08. The van der Waals surface area contributed by atoms with Crippen LogP contribution in [-0.2, 0) is 5.66 Å². The van der Waals surface area contributed by atoms with Crippen LogP contribution in [0.15, 0.2) is 109 Å². The van der Waals surface area contributed by atoms with Crippen LogP contribution in [0.2, 0.25) is 0 Å². The highest BCUT2D eigenvalue weighted by Crippen LogP contribution is 2.55. The molecule has 9 heteroatoms. The zero-order valence-corrected chi connectivity index (χ0v) is 25.4. The molecule has 1 spiro atoms. The van der Waals surface area contributed by atoms with E-state index in [1.165, 1.54) is 16.3 Å². The number of benzene rings is 4. The third kappa shape index (κ3) is 2.48. The molecule has 0 bridgehead atoms. The maximum Gasteiger partial charge on any atom is 0.398 e. The molecule has 220 valence electrons. The fraction of sp³-hybridized carbons (Fsp3) is 0.0789. The van der Waals surface area contributed by atoms with E-state index in [2.05, 4.69) is 111 Å². The first kappa shape index (κ1) is 24.0. The number of aromatic nitrogens is 8. The van der Waals surface area contributed by atoms with E-state index in [-0.39, 0.29) is 0 Å². The average molecular weight is 609 g/mol. The molecule has 0 N–H and O–H groups in total. The minimum atomic E-state index is -0.769. The maximum absolute atomic E-state index is 6.83. The Morgan fingerprint density at radius 2 is 1.53 bits per heavy atom. The number of ether oxygens (including phenoxy) is 1. The smallest absolute Gasteiger partial charge is 0.398 e. The van der Waals surface area contributed by atoms with E-state index < -0.39 is 5.66 Å². The summed E-state index contributed by atoms with van der Waals surface area (Å²) in [5.74, 6) is 2.81. The summed E-state index contributed by atoms with van der Waals surface area (Å²) >= 11 is 0. The monoisotopic (exact) mass is 608 g/mol. The van der Waals surface area contributed by atoms with Crippen molar-refractivity contribution >= 4 is 44.0 Å². The minimum absolute atomic E-state index is 0.734. The van der Waals surface area contributed by atoms with E-state index in [0.29, 0.717) is 0 Å². The van der Waals surface area contributed by atoms with Gasteiger partial charge in [0.25, 0.3) is 5.82 Å². The molecule has 8 heterocycles. The van der Waals surface area contributed by atoms with E-state index in [0.717, 1.165) is 78.9 Å². The van der Waals surface area contributed by atoms with Gasteiger partial charge in [-0.25, -0.2) is 14.6 Å². The summed E-state index contributed by atoms with van der Waals surface area (Å²) in [6.07, 6.45) is 4.04. The van der Waals surface area contributed by atoms with Crippen molar-refractivity contribution in [2.75, 3.05) is 0 Å². The second-order valence-electron chi connectivity index (χ2n) is 12.7. The fourth-order valence-electron chi connectivity index (χ4n) is 8.84. The van der Waals surface area contributed by atoms with Gasteiger partial charge in [0.05, 0.1) is 23.4 Å². The van der Waals surface area contributed by atoms with Crippen molar-refractivity contribution < 1.29 is 14.0 Å². The standard InChI is InChI=1S/C38H24N8O/c1-21-35(44-37-27(20-39-44)40-25-11-4-5-12-26(25)41-37)22(2)46-38-33-29(45(21)46)14-9-15-30(33)47-31-18-17-24-23-10-3-6-13-28(23)43(36(24)34(31)38)32-16-7-8-19-42(32)38/h3-20H,1-2H3/q+2. The van der Waals surface area contributed by atoms with Crippen LogP contribution in [-0.4, -0.2) is 29.0 Å². The van der Waals surface area contributed by atoms with Crippen LogP contribution in [0.3, 0.4) is 0 Å². The Labute approximate surface area is 266 Å². The zero-order chi connectivity index (χ0) is 30.8. The van der Waals surface area contributed by atoms with Crippen LogP contribution in [0.5, 0.6) is 11.5 Å². The molecule has 12 rings (SSSR count). The molecule has 3 aliphatic rings. The van der Waals surface area contributed by atoms with Crippen molar-refractivity contribution in [1.82, 2.24) is 29.0 Å². The van der Waals surface area contributed by atoms with Gasteiger partial charge in [0.1, 0.15) is 39.5 Å². The van der Waals surface area contributed by atoms with Gasteiger partial charge in [-0.1, -0.05) is 41.1 Å². The molecular formula is C38H24N8O+2.